The first-order valence-electron chi connectivity index (χ1n) is 9.00. The molecule has 7 nitrogen and oxygen atoms in total. The minimum atomic E-state index is -0.192. The molecule has 29 heavy (non-hydrogen) atoms. The SMILES string of the molecule is CN(Cc1ccc2c(c1)OCCO2)C(=O)Cc1csc(NC(=O)c2cccs2)n1. The number of rotatable bonds is 6. The van der Waals surface area contributed by atoms with Crippen molar-refractivity contribution in [1.29, 1.82) is 0 Å². The summed E-state index contributed by atoms with van der Waals surface area (Å²) in [5, 5.41) is 6.89. The van der Waals surface area contributed by atoms with Crippen molar-refractivity contribution in [3.05, 3.63) is 57.2 Å². The van der Waals surface area contributed by atoms with Crippen molar-refractivity contribution >= 4 is 39.6 Å². The van der Waals surface area contributed by atoms with Gasteiger partial charge in [-0.2, -0.15) is 0 Å². The quantitative estimate of drug-likeness (QED) is 0.649. The van der Waals surface area contributed by atoms with E-state index in [1.54, 1.807) is 23.4 Å². The average molecular weight is 430 g/mol. The number of thiophene rings is 1. The molecule has 0 fully saturated rings. The molecule has 1 aliphatic rings. The average Bonchev–Trinajstić information content (AvgIpc) is 3.40. The molecule has 150 valence electrons. The van der Waals surface area contributed by atoms with Crippen LogP contribution in [0, 0.1) is 0 Å². The molecule has 0 atom stereocenters. The zero-order chi connectivity index (χ0) is 20.2. The van der Waals surface area contributed by atoms with Crippen LogP contribution in [0.5, 0.6) is 11.5 Å². The van der Waals surface area contributed by atoms with Crippen LogP contribution in [0.4, 0.5) is 5.13 Å². The van der Waals surface area contributed by atoms with Gasteiger partial charge in [-0.1, -0.05) is 12.1 Å². The second-order valence-electron chi connectivity index (χ2n) is 6.48. The number of likely N-dealkylation sites (N-methyl/N-ethyl adjacent to an activating group) is 1. The lowest BCUT2D eigenvalue weighted by Gasteiger charge is -2.21. The Hall–Kier alpha value is -2.91. The molecule has 0 spiro atoms. The van der Waals surface area contributed by atoms with E-state index >= 15 is 0 Å². The molecular weight excluding hydrogens is 410 g/mol. The van der Waals surface area contributed by atoms with Crippen LogP contribution in [0.1, 0.15) is 20.9 Å². The zero-order valence-corrected chi connectivity index (χ0v) is 17.3. The van der Waals surface area contributed by atoms with Crippen LogP contribution in [-0.4, -0.2) is 42.0 Å². The molecule has 1 aromatic carbocycles. The molecule has 3 aromatic rings. The van der Waals surface area contributed by atoms with E-state index in [0.717, 1.165) is 11.3 Å². The van der Waals surface area contributed by atoms with Crippen molar-refractivity contribution < 1.29 is 19.1 Å². The zero-order valence-electron chi connectivity index (χ0n) is 15.7. The molecule has 0 radical (unpaired) electrons. The highest BCUT2D eigenvalue weighted by Crippen LogP contribution is 2.31. The third-order valence-corrected chi connectivity index (χ3v) is 5.98. The van der Waals surface area contributed by atoms with Gasteiger partial charge in [-0.15, -0.1) is 22.7 Å². The van der Waals surface area contributed by atoms with Gasteiger partial charge in [0.15, 0.2) is 16.6 Å². The second-order valence-corrected chi connectivity index (χ2v) is 8.29. The van der Waals surface area contributed by atoms with Crippen LogP contribution >= 0.6 is 22.7 Å². The largest absolute Gasteiger partial charge is 0.486 e. The minimum absolute atomic E-state index is 0.0543. The van der Waals surface area contributed by atoms with Gasteiger partial charge in [0.2, 0.25) is 5.91 Å². The van der Waals surface area contributed by atoms with Crippen molar-refractivity contribution in [2.75, 3.05) is 25.6 Å². The minimum Gasteiger partial charge on any atom is -0.486 e. The molecule has 0 aliphatic carbocycles. The van der Waals surface area contributed by atoms with Crippen molar-refractivity contribution in [2.45, 2.75) is 13.0 Å². The molecule has 1 aliphatic heterocycles. The van der Waals surface area contributed by atoms with Crippen molar-refractivity contribution in [3.63, 3.8) is 0 Å². The van der Waals surface area contributed by atoms with E-state index in [1.807, 2.05) is 29.6 Å². The van der Waals surface area contributed by atoms with Gasteiger partial charge < -0.3 is 14.4 Å². The summed E-state index contributed by atoms with van der Waals surface area (Å²) in [7, 11) is 1.75. The smallest absolute Gasteiger partial charge is 0.267 e. The van der Waals surface area contributed by atoms with E-state index in [9.17, 15) is 9.59 Å². The third-order valence-electron chi connectivity index (χ3n) is 4.30. The number of benzene rings is 1. The van der Waals surface area contributed by atoms with Gasteiger partial charge in [0.1, 0.15) is 13.2 Å². The summed E-state index contributed by atoms with van der Waals surface area (Å²) >= 11 is 2.68. The van der Waals surface area contributed by atoms with E-state index in [-0.39, 0.29) is 18.2 Å². The van der Waals surface area contributed by atoms with Gasteiger partial charge in [-0.05, 0) is 29.1 Å². The predicted octanol–water partition coefficient (Wildman–Crippen LogP) is 3.43. The molecule has 9 heteroatoms. The highest BCUT2D eigenvalue weighted by Gasteiger charge is 2.16. The maximum Gasteiger partial charge on any atom is 0.267 e. The van der Waals surface area contributed by atoms with Crippen LogP contribution in [0.25, 0.3) is 0 Å². The summed E-state index contributed by atoms with van der Waals surface area (Å²) in [4.78, 5) is 31.3. The maximum atomic E-state index is 12.6. The highest BCUT2D eigenvalue weighted by molar-refractivity contribution is 7.14. The number of thiazole rings is 1. The molecular formula is C20H19N3O4S2. The van der Waals surface area contributed by atoms with Crippen LogP contribution in [0.3, 0.4) is 0 Å². The highest BCUT2D eigenvalue weighted by atomic mass is 32.1. The summed E-state index contributed by atoms with van der Waals surface area (Å²) in [6.45, 7) is 1.54. The normalized spacial score (nSPS) is 12.4. The lowest BCUT2D eigenvalue weighted by Crippen LogP contribution is -2.28. The fraction of sp³-hybridized carbons (Fsp3) is 0.250. The number of carbonyl (C=O) groups excluding carboxylic acids is 2. The molecule has 2 aromatic heterocycles. The number of hydrogen-bond acceptors (Lipinski definition) is 7. The summed E-state index contributed by atoms with van der Waals surface area (Å²) in [5.74, 6) is 1.19. The van der Waals surface area contributed by atoms with Crippen LogP contribution in [0.15, 0.2) is 41.1 Å². The number of ether oxygens (including phenoxy) is 2. The van der Waals surface area contributed by atoms with E-state index in [0.29, 0.717) is 41.2 Å². The summed E-state index contributed by atoms with van der Waals surface area (Å²) in [6.07, 6.45) is 0.173. The van der Waals surface area contributed by atoms with E-state index in [1.165, 1.54) is 22.7 Å². The first-order chi connectivity index (χ1) is 14.1. The third kappa shape index (κ3) is 4.75. The van der Waals surface area contributed by atoms with Crippen molar-refractivity contribution in [3.8, 4) is 11.5 Å². The van der Waals surface area contributed by atoms with Gasteiger partial charge in [0, 0.05) is 19.0 Å². The maximum absolute atomic E-state index is 12.6. The number of aromatic nitrogens is 1. The summed E-state index contributed by atoms with van der Waals surface area (Å²) in [6, 6.07) is 9.27. The Morgan fingerprint density at radius 2 is 2.00 bits per heavy atom. The fourth-order valence-corrected chi connectivity index (χ4v) is 4.17. The standard InChI is InChI=1S/C20H19N3O4S2/c1-23(11-13-4-5-15-16(9-13)27-7-6-26-15)18(24)10-14-12-29-20(21-14)22-19(25)17-3-2-8-28-17/h2-5,8-9,12H,6-7,10-11H2,1H3,(H,21,22,25). The predicted molar refractivity (Wildman–Crippen MR) is 112 cm³/mol. The van der Waals surface area contributed by atoms with Gasteiger partial charge in [-0.25, -0.2) is 4.98 Å². The molecule has 0 saturated heterocycles. The number of carbonyl (C=O) groups is 2. The van der Waals surface area contributed by atoms with Gasteiger partial charge in [-0.3, -0.25) is 14.9 Å². The molecule has 4 rings (SSSR count). The molecule has 1 N–H and O–H groups in total. The van der Waals surface area contributed by atoms with E-state index < -0.39 is 0 Å². The molecule has 3 heterocycles. The van der Waals surface area contributed by atoms with Crippen molar-refractivity contribution in [1.82, 2.24) is 9.88 Å². The second kappa shape index (κ2) is 8.62. The molecule has 2 amide bonds. The number of fused-ring (bicyclic) bond motifs is 1. The van der Waals surface area contributed by atoms with Crippen molar-refractivity contribution in [2.24, 2.45) is 0 Å². The number of anilines is 1. The summed E-state index contributed by atoms with van der Waals surface area (Å²) in [5.41, 5.74) is 1.60. The topological polar surface area (TPSA) is 80.8 Å². The molecule has 0 saturated carbocycles. The van der Waals surface area contributed by atoms with Gasteiger partial charge in [0.05, 0.1) is 17.0 Å². The molecule has 0 bridgehead atoms. The van der Waals surface area contributed by atoms with Crippen LogP contribution < -0.4 is 14.8 Å². The van der Waals surface area contributed by atoms with Gasteiger partial charge >= 0.3 is 0 Å². The Morgan fingerprint density at radius 1 is 1.17 bits per heavy atom. The lowest BCUT2D eigenvalue weighted by molar-refractivity contribution is -0.129. The fourth-order valence-electron chi connectivity index (χ4n) is 2.85. The van der Waals surface area contributed by atoms with Gasteiger partial charge in [0.25, 0.3) is 5.91 Å². The Balaban J connectivity index is 1.33. The number of nitrogens with zero attached hydrogens (tertiary/aromatic N) is 2. The van der Waals surface area contributed by atoms with E-state index in [2.05, 4.69) is 10.3 Å². The van der Waals surface area contributed by atoms with Crippen LogP contribution in [-0.2, 0) is 17.8 Å². The Morgan fingerprint density at radius 3 is 2.79 bits per heavy atom. The Labute approximate surface area is 175 Å². The van der Waals surface area contributed by atoms with Crippen LogP contribution in [0.2, 0.25) is 0 Å². The first-order valence-corrected chi connectivity index (χ1v) is 10.8. The number of nitrogens with one attached hydrogen (secondary N) is 1. The molecule has 0 unspecified atom stereocenters. The first kappa shape index (κ1) is 19.4. The summed E-state index contributed by atoms with van der Waals surface area (Å²) < 4.78 is 11.1. The lowest BCUT2D eigenvalue weighted by atomic mass is 10.1. The number of hydrogen-bond donors (Lipinski definition) is 1. The van der Waals surface area contributed by atoms with E-state index in [4.69, 9.17) is 9.47 Å². The monoisotopic (exact) mass is 429 g/mol. The Bertz CT molecular complexity index is 1020. The Kier molecular flexibility index (Phi) is 5.77. The number of amides is 2.